The van der Waals surface area contributed by atoms with Crippen LogP contribution >= 0.6 is 0 Å². The lowest BCUT2D eigenvalue weighted by molar-refractivity contribution is -0.117. The van der Waals surface area contributed by atoms with E-state index in [9.17, 15) is 28.8 Å². The second kappa shape index (κ2) is 18.6. The lowest BCUT2D eigenvalue weighted by Gasteiger charge is -2.20. The Balaban J connectivity index is 0.842. The molecule has 6 heterocycles. The van der Waals surface area contributed by atoms with E-state index in [1.54, 1.807) is 77.7 Å². The summed E-state index contributed by atoms with van der Waals surface area (Å²) in [5, 5.41) is 13.9. The van der Waals surface area contributed by atoms with Crippen LogP contribution in [0.4, 0.5) is 28.4 Å². The lowest BCUT2D eigenvalue weighted by Crippen LogP contribution is -2.35. The van der Waals surface area contributed by atoms with Crippen LogP contribution in [0, 0.1) is 6.92 Å². The Bertz CT molecular complexity index is 2610. The first-order valence-electron chi connectivity index (χ1n) is 20.5. The minimum atomic E-state index is -0.460. The standard InChI is InChI=1S/C44H51N11O8/c1-26-15-27(22-51(26)2)49-42(59)35-17-29(24-54(35)5)48-40(57)11-12-45-41(58)34-18-30(25-52(34)3)50-43(60)36-16-28(23-53(36)4)47-39(56)10-8-14-63-38-20-33-32(19-37(38)62-6)44(61)55-13-7-9-31(55)21-46-33/h15-25,31H,7-14H2,1-6H3,(H,45,58)(H,47,56)(H,48,57)(H,49,59)(H,50,60)/t31-/m0/s1. The molecule has 2 aliphatic heterocycles. The van der Waals surface area contributed by atoms with Crippen molar-refractivity contribution in [2.24, 2.45) is 33.2 Å². The Kier molecular flexibility index (Phi) is 12.8. The van der Waals surface area contributed by atoms with Crippen LogP contribution in [0.15, 0.2) is 66.2 Å². The molecule has 19 heteroatoms. The van der Waals surface area contributed by atoms with Crippen molar-refractivity contribution in [3.8, 4) is 11.5 Å². The molecule has 4 aromatic heterocycles. The van der Waals surface area contributed by atoms with Crippen molar-refractivity contribution in [2.45, 2.75) is 45.1 Å². The number of rotatable bonds is 16. The van der Waals surface area contributed by atoms with Gasteiger partial charge >= 0.3 is 0 Å². The zero-order valence-electron chi connectivity index (χ0n) is 36.0. The first kappa shape index (κ1) is 43.5. The largest absolute Gasteiger partial charge is 0.493 e. The van der Waals surface area contributed by atoms with Crippen molar-refractivity contribution in [3.05, 3.63) is 89.5 Å². The van der Waals surface area contributed by atoms with Crippen LogP contribution in [0.1, 0.15) is 79.6 Å². The van der Waals surface area contributed by atoms with E-state index < -0.39 is 11.8 Å². The molecular formula is C44H51N11O8. The highest BCUT2D eigenvalue weighted by Gasteiger charge is 2.32. The predicted octanol–water partition coefficient (Wildman–Crippen LogP) is 4.74. The summed E-state index contributed by atoms with van der Waals surface area (Å²) < 4.78 is 18.1. The van der Waals surface area contributed by atoms with E-state index in [2.05, 4.69) is 31.6 Å². The van der Waals surface area contributed by atoms with Gasteiger partial charge in [0.1, 0.15) is 17.1 Å². The maximum Gasteiger partial charge on any atom is 0.272 e. The van der Waals surface area contributed by atoms with Gasteiger partial charge in [-0.1, -0.05) is 0 Å². The molecule has 0 saturated carbocycles. The van der Waals surface area contributed by atoms with Crippen LogP contribution in [-0.4, -0.2) is 97.7 Å². The number of nitrogens with zero attached hydrogens (tertiary/aromatic N) is 6. The van der Waals surface area contributed by atoms with Crippen LogP contribution in [0.2, 0.25) is 0 Å². The number of aliphatic imine (C=N–C) groups is 1. The molecule has 330 valence electrons. The molecule has 2 aliphatic rings. The number of carbonyl (C=O) groups is 6. The van der Waals surface area contributed by atoms with Crippen molar-refractivity contribution >= 4 is 70.1 Å². The van der Waals surface area contributed by atoms with E-state index in [1.807, 2.05) is 41.9 Å². The number of carbonyl (C=O) groups excluding carboxylic acids is 6. The third-order valence-corrected chi connectivity index (χ3v) is 11.0. The maximum absolute atomic E-state index is 13.3. The summed E-state index contributed by atoms with van der Waals surface area (Å²) in [4.78, 5) is 84.2. The van der Waals surface area contributed by atoms with E-state index in [4.69, 9.17) is 9.47 Å². The van der Waals surface area contributed by atoms with Gasteiger partial charge in [0.05, 0.1) is 53.8 Å². The Morgan fingerprint density at radius 2 is 1.25 bits per heavy atom. The van der Waals surface area contributed by atoms with Gasteiger partial charge in [-0.15, -0.1) is 0 Å². The number of anilines is 4. The average molecular weight is 862 g/mol. The summed E-state index contributed by atoms with van der Waals surface area (Å²) in [6.45, 7) is 2.87. The SMILES string of the molecule is COc1cc2c(cc1OCCCC(=O)Nc1cc(C(=O)Nc3cc(C(=O)NCCC(=O)Nc4cc(C(=O)Nc5cc(C)n(C)c5)n(C)c4)n(C)c3)n(C)c1)N=C[C@@H]1CCCN1C2=O. The fourth-order valence-electron chi connectivity index (χ4n) is 7.57. The molecule has 63 heavy (non-hydrogen) atoms. The fourth-order valence-corrected chi connectivity index (χ4v) is 7.57. The van der Waals surface area contributed by atoms with Gasteiger partial charge < -0.3 is 59.2 Å². The van der Waals surface area contributed by atoms with Crippen LogP contribution in [-0.2, 0) is 37.8 Å². The molecule has 5 aromatic rings. The van der Waals surface area contributed by atoms with Gasteiger partial charge in [-0.05, 0) is 56.5 Å². The smallest absolute Gasteiger partial charge is 0.272 e. The highest BCUT2D eigenvalue weighted by Crippen LogP contribution is 2.38. The lowest BCUT2D eigenvalue weighted by atomic mass is 10.1. The molecule has 1 saturated heterocycles. The predicted molar refractivity (Wildman–Crippen MR) is 236 cm³/mol. The third kappa shape index (κ3) is 9.98. The number of hydrogen-bond donors (Lipinski definition) is 5. The Morgan fingerprint density at radius 3 is 1.84 bits per heavy atom. The first-order valence-corrected chi connectivity index (χ1v) is 20.5. The summed E-state index contributed by atoms with van der Waals surface area (Å²) in [5.41, 5.74) is 4.76. The number of fused-ring (bicyclic) bond motifs is 2. The number of nitrogens with one attached hydrogen (secondary N) is 5. The van der Waals surface area contributed by atoms with Crippen LogP contribution < -0.4 is 36.1 Å². The number of aromatic nitrogens is 4. The number of hydrogen-bond acceptors (Lipinski definition) is 9. The quantitative estimate of drug-likeness (QED) is 0.0872. The molecule has 19 nitrogen and oxygen atoms in total. The van der Waals surface area contributed by atoms with Crippen LogP contribution in [0.5, 0.6) is 11.5 Å². The Morgan fingerprint density at radius 1 is 0.698 bits per heavy atom. The number of methoxy groups -OCH3 is 1. The molecule has 1 atom stereocenters. The normalized spacial score (nSPS) is 14.1. The molecule has 0 radical (unpaired) electrons. The van der Waals surface area contributed by atoms with Crippen molar-refractivity contribution in [1.29, 1.82) is 0 Å². The van der Waals surface area contributed by atoms with Gasteiger partial charge in [-0.2, -0.15) is 0 Å². The maximum atomic E-state index is 13.3. The molecule has 7 rings (SSSR count). The van der Waals surface area contributed by atoms with Crippen molar-refractivity contribution < 1.29 is 38.2 Å². The molecule has 6 amide bonds. The number of ether oxygens (including phenoxy) is 2. The zero-order valence-corrected chi connectivity index (χ0v) is 36.0. The Hall–Kier alpha value is -7.57. The number of amides is 6. The molecule has 0 unspecified atom stereocenters. The second-order valence-electron chi connectivity index (χ2n) is 15.6. The van der Waals surface area contributed by atoms with E-state index in [-0.39, 0.29) is 67.1 Å². The Labute approximate surface area is 363 Å². The van der Waals surface area contributed by atoms with Gasteiger partial charge in [-0.25, -0.2) is 0 Å². The van der Waals surface area contributed by atoms with Gasteiger partial charge in [0.25, 0.3) is 23.6 Å². The number of aryl methyl sites for hydroxylation is 5. The highest BCUT2D eigenvalue weighted by atomic mass is 16.5. The molecule has 1 aromatic carbocycles. The minimum Gasteiger partial charge on any atom is -0.493 e. The summed E-state index contributed by atoms with van der Waals surface area (Å²) >= 11 is 0. The third-order valence-electron chi connectivity index (χ3n) is 11.0. The van der Waals surface area contributed by atoms with Crippen molar-refractivity contribution in [3.63, 3.8) is 0 Å². The molecule has 0 bridgehead atoms. The van der Waals surface area contributed by atoms with Gasteiger partial charge in [0.2, 0.25) is 11.8 Å². The first-order chi connectivity index (χ1) is 30.2. The van der Waals surface area contributed by atoms with Crippen LogP contribution in [0.25, 0.3) is 0 Å². The topological polar surface area (TPSA) is 216 Å². The van der Waals surface area contributed by atoms with Gasteiger partial charge in [0.15, 0.2) is 11.5 Å². The monoisotopic (exact) mass is 861 g/mol. The van der Waals surface area contributed by atoms with E-state index in [0.29, 0.717) is 64.2 Å². The average Bonchev–Trinajstić information content (AvgIpc) is 4.07. The second-order valence-corrected chi connectivity index (χ2v) is 15.6. The minimum absolute atomic E-state index is 0.0147. The summed E-state index contributed by atoms with van der Waals surface area (Å²) in [6, 6.07) is 9.84. The summed E-state index contributed by atoms with van der Waals surface area (Å²) in [6.07, 6.45) is 10.8. The molecule has 0 aliphatic carbocycles. The summed E-state index contributed by atoms with van der Waals surface area (Å²) in [5.74, 6) is -1.10. The fraction of sp³-hybridized carbons (Fsp3) is 0.341. The van der Waals surface area contributed by atoms with Gasteiger partial charge in [-0.3, -0.25) is 33.8 Å². The molecule has 0 spiro atoms. The summed E-state index contributed by atoms with van der Waals surface area (Å²) in [7, 11) is 8.43. The molecule has 1 fully saturated rings. The van der Waals surface area contributed by atoms with Crippen molar-refractivity contribution in [2.75, 3.05) is 48.1 Å². The highest BCUT2D eigenvalue weighted by molar-refractivity contribution is 6.06. The van der Waals surface area contributed by atoms with E-state index in [1.165, 1.54) is 13.2 Å². The van der Waals surface area contributed by atoms with E-state index >= 15 is 0 Å². The molecule has 5 N–H and O–H groups in total. The van der Waals surface area contributed by atoms with Crippen molar-refractivity contribution in [1.82, 2.24) is 28.5 Å². The van der Waals surface area contributed by atoms with Crippen LogP contribution in [0.3, 0.4) is 0 Å². The van der Waals surface area contributed by atoms with Gasteiger partial charge in [0, 0.05) is 96.9 Å². The molecular weight excluding hydrogens is 811 g/mol. The van der Waals surface area contributed by atoms with E-state index in [0.717, 1.165) is 18.5 Å². The number of benzene rings is 1. The zero-order chi connectivity index (χ0) is 44.9.